The molecule has 0 saturated carbocycles. The van der Waals surface area contributed by atoms with Crippen molar-refractivity contribution in [3.8, 4) is 0 Å². The van der Waals surface area contributed by atoms with E-state index in [4.69, 9.17) is 0 Å². The summed E-state index contributed by atoms with van der Waals surface area (Å²) < 4.78 is 14.4. The van der Waals surface area contributed by atoms with Gasteiger partial charge in [-0.2, -0.15) is 0 Å². The highest BCUT2D eigenvalue weighted by atomic mass is 79.9. The Morgan fingerprint density at radius 1 is 1.44 bits per heavy atom. The SMILES string of the molecule is Cc1c(F)cccc1NCc1cc(Br)cs1. The molecule has 84 valence electrons. The number of hydrogen-bond acceptors (Lipinski definition) is 2. The van der Waals surface area contributed by atoms with Crippen molar-refractivity contribution in [1.29, 1.82) is 0 Å². The molecule has 1 heterocycles. The highest BCUT2D eigenvalue weighted by Gasteiger charge is 2.03. The first kappa shape index (κ1) is 11.6. The van der Waals surface area contributed by atoms with Crippen LogP contribution in [0, 0.1) is 12.7 Å². The van der Waals surface area contributed by atoms with E-state index in [0.717, 1.165) is 16.7 Å². The van der Waals surface area contributed by atoms with Crippen molar-refractivity contribution in [1.82, 2.24) is 0 Å². The predicted octanol–water partition coefficient (Wildman–Crippen LogP) is 4.57. The van der Waals surface area contributed by atoms with Gasteiger partial charge >= 0.3 is 0 Å². The fourth-order valence-corrected chi connectivity index (χ4v) is 2.82. The van der Waals surface area contributed by atoms with Gasteiger partial charge in [-0.25, -0.2) is 4.39 Å². The van der Waals surface area contributed by atoms with Crippen molar-refractivity contribution in [2.75, 3.05) is 5.32 Å². The van der Waals surface area contributed by atoms with E-state index in [1.54, 1.807) is 24.3 Å². The second-order valence-electron chi connectivity index (χ2n) is 3.50. The summed E-state index contributed by atoms with van der Waals surface area (Å²) >= 11 is 5.08. The Labute approximate surface area is 106 Å². The van der Waals surface area contributed by atoms with Crippen LogP contribution in [0.15, 0.2) is 34.1 Å². The summed E-state index contributed by atoms with van der Waals surface area (Å²) in [6, 6.07) is 7.14. The van der Waals surface area contributed by atoms with Crippen molar-refractivity contribution in [3.63, 3.8) is 0 Å². The van der Waals surface area contributed by atoms with Crippen LogP contribution < -0.4 is 5.32 Å². The molecule has 0 saturated heterocycles. The predicted molar refractivity (Wildman–Crippen MR) is 70.5 cm³/mol. The Morgan fingerprint density at radius 2 is 2.25 bits per heavy atom. The lowest BCUT2D eigenvalue weighted by molar-refractivity contribution is 0.619. The third-order valence-electron chi connectivity index (χ3n) is 2.34. The van der Waals surface area contributed by atoms with Crippen LogP contribution in [0.4, 0.5) is 10.1 Å². The molecule has 1 aromatic heterocycles. The van der Waals surface area contributed by atoms with Crippen LogP contribution >= 0.6 is 27.3 Å². The molecular weight excluding hydrogens is 289 g/mol. The third kappa shape index (κ3) is 2.62. The van der Waals surface area contributed by atoms with Gasteiger partial charge in [0.1, 0.15) is 5.82 Å². The first-order valence-electron chi connectivity index (χ1n) is 4.88. The van der Waals surface area contributed by atoms with Crippen molar-refractivity contribution >= 4 is 33.0 Å². The maximum Gasteiger partial charge on any atom is 0.128 e. The van der Waals surface area contributed by atoms with E-state index in [2.05, 4.69) is 27.3 Å². The molecule has 0 unspecified atom stereocenters. The van der Waals surface area contributed by atoms with Crippen LogP contribution in [-0.2, 0) is 6.54 Å². The largest absolute Gasteiger partial charge is 0.380 e. The van der Waals surface area contributed by atoms with Gasteiger partial charge in [-0.3, -0.25) is 0 Å². The fraction of sp³-hybridized carbons (Fsp3) is 0.167. The van der Waals surface area contributed by atoms with Crippen LogP contribution in [0.25, 0.3) is 0 Å². The lowest BCUT2D eigenvalue weighted by Crippen LogP contribution is -2.00. The summed E-state index contributed by atoms with van der Waals surface area (Å²) in [6.07, 6.45) is 0. The van der Waals surface area contributed by atoms with Crippen molar-refractivity contribution in [3.05, 3.63) is 50.4 Å². The van der Waals surface area contributed by atoms with E-state index in [1.807, 2.05) is 11.4 Å². The van der Waals surface area contributed by atoms with Gasteiger partial charge in [-0.05, 0) is 41.1 Å². The van der Waals surface area contributed by atoms with E-state index in [0.29, 0.717) is 5.56 Å². The number of thiophene rings is 1. The minimum absolute atomic E-state index is 0.169. The first-order chi connectivity index (χ1) is 7.66. The lowest BCUT2D eigenvalue weighted by atomic mass is 10.2. The third-order valence-corrected chi connectivity index (χ3v) is 4.04. The topological polar surface area (TPSA) is 12.0 Å². The van der Waals surface area contributed by atoms with Crippen LogP contribution in [0.5, 0.6) is 0 Å². The van der Waals surface area contributed by atoms with Gasteiger partial charge in [-0.15, -0.1) is 11.3 Å². The zero-order valence-electron chi connectivity index (χ0n) is 8.76. The monoisotopic (exact) mass is 299 g/mol. The van der Waals surface area contributed by atoms with Crippen molar-refractivity contribution < 1.29 is 4.39 Å². The molecule has 0 amide bonds. The van der Waals surface area contributed by atoms with E-state index in [1.165, 1.54) is 10.9 Å². The number of benzene rings is 1. The van der Waals surface area contributed by atoms with E-state index >= 15 is 0 Å². The van der Waals surface area contributed by atoms with E-state index in [-0.39, 0.29) is 5.82 Å². The number of halogens is 2. The molecule has 1 aromatic carbocycles. The number of rotatable bonds is 3. The molecule has 1 nitrogen and oxygen atoms in total. The molecule has 0 fully saturated rings. The molecule has 2 aromatic rings. The molecule has 0 aliphatic rings. The van der Waals surface area contributed by atoms with Crippen LogP contribution in [0.1, 0.15) is 10.4 Å². The minimum Gasteiger partial charge on any atom is -0.380 e. The Hall–Kier alpha value is -0.870. The summed E-state index contributed by atoms with van der Waals surface area (Å²) in [4.78, 5) is 1.22. The number of hydrogen-bond donors (Lipinski definition) is 1. The molecule has 2 rings (SSSR count). The highest BCUT2D eigenvalue weighted by Crippen LogP contribution is 2.22. The summed E-state index contributed by atoms with van der Waals surface area (Å²) in [5.74, 6) is -0.169. The normalized spacial score (nSPS) is 10.4. The van der Waals surface area contributed by atoms with Crippen molar-refractivity contribution in [2.45, 2.75) is 13.5 Å². The van der Waals surface area contributed by atoms with Crippen LogP contribution in [-0.4, -0.2) is 0 Å². The van der Waals surface area contributed by atoms with Crippen LogP contribution in [0.2, 0.25) is 0 Å². The quantitative estimate of drug-likeness (QED) is 0.875. The molecule has 0 aliphatic heterocycles. The molecule has 1 N–H and O–H groups in total. The van der Waals surface area contributed by atoms with E-state index in [9.17, 15) is 4.39 Å². The summed E-state index contributed by atoms with van der Waals surface area (Å²) in [5.41, 5.74) is 1.52. The molecule has 0 spiro atoms. The van der Waals surface area contributed by atoms with E-state index < -0.39 is 0 Å². The summed E-state index contributed by atoms with van der Waals surface area (Å²) in [5, 5.41) is 5.27. The second kappa shape index (κ2) is 4.97. The Bertz CT molecular complexity index is 496. The molecule has 16 heavy (non-hydrogen) atoms. The minimum atomic E-state index is -0.169. The smallest absolute Gasteiger partial charge is 0.128 e. The Morgan fingerprint density at radius 3 is 2.94 bits per heavy atom. The summed E-state index contributed by atoms with van der Waals surface area (Å²) in [7, 11) is 0. The Balaban J connectivity index is 2.07. The first-order valence-corrected chi connectivity index (χ1v) is 6.56. The van der Waals surface area contributed by atoms with Gasteiger partial charge in [-0.1, -0.05) is 6.07 Å². The van der Waals surface area contributed by atoms with Crippen LogP contribution in [0.3, 0.4) is 0 Å². The molecule has 0 aliphatic carbocycles. The van der Waals surface area contributed by atoms with Gasteiger partial charge in [0.25, 0.3) is 0 Å². The van der Waals surface area contributed by atoms with Gasteiger partial charge in [0.05, 0.1) is 0 Å². The number of nitrogens with one attached hydrogen (secondary N) is 1. The van der Waals surface area contributed by atoms with Gasteiger partial charge < -0.3 is 5.32 Å². The average molecular weight is 300 g/mol. The van der Waals surface area contributed by atoms with Gasteiger partial charge in [0.15, 0.2) is 0 Å². The second-order valence-corrected chi connectivity index (χ2v) is 5.41. The highest BCUT2D eigenvalue weighted by molar-refractivity contribution is 9.10. The van der Waals surface area contributed by atoms with Gasteiger partial charge in [0, 0.05) is 32.5 Å². The van der Waals surface area contributed by atoms with Crippen molar-refractivity contribution in [2.24, 2.45) is 0 Å². The molecule has 0 atom stereocenters. The lowest BCUT2D eigenvalue weighted by Gasteiger charge is -2.08. The molecule has 4 heteroatoms. The maximum absolute atomic E-state index is 13.3. The molecule has 0 radical (unpaired) electrons. The summed E-state index contributed by atoms with van der Waals surface area (Å²) in [6.45, 7) is 2.50. The number of anilines is 1. The maximum atomic E-state index is 13.3. The fourth-order valence-electron chi connectivity index (χ4n) is 1.43. The molecular formula is C12H11BrFNS. The average Bonchev–Trinajstić information content (AvgIpc) is 2.67. The zero-order chi connectivity index (χ0) is 11.5. The molecule has 0 bridgehead atoms. The standard InChI is InChI=1S/C12H11BrFNS/c1-8-11(14)3-2-4-12(8)15-6-10-5-9(13)7-16-10/h2-5,7,15H,6H2,1H3. The Kier molecular flexibility index (Phi) is 3.61. The van der Waals surface area contributed by atoms with Gasteiger partial charge in [0.2, 0.25) is 0 Å². The zero-order valence-corrected chi connectivity index (χ0v) is 11.2.